The highest BCUT2D eigenvalue weighted by Crippen LogP contribution is 2.34. The monoisotopic (exact) mass is 389 g/mol. The van der Waals surface area contributed by atoms with Crippen LogP contribution < -0.4 is 20.5 Å². The van der Waals surface area contributed by atoms with Crippen LogP contribution in [0.3, 0.4) is 0 Å². The zero-order valence-corrected chi connectivity index (χ0v) is 14.9. The number of hydrogen-bond acceptors (Lipinski definition) is 7. The molecule has 2 aromatic carbocycles. The summed E-state index contributed by atoms with van der Waals surface area (Å²) in [5, 5.41) is 10.7. The molecular formula is C17H15N3O6S. The molecule has 0 unspecified atom stereocenters. The van der Waals surface area contributed by atoms with E-state index in [9.17, 15) is 18.0 Å². The van der Waals surface area contributed by atoms with Gasteiger partial charge in [-0.1, -0.05) is 0 Å². The Bertz CT molecular complexity index is 1040. The summed E-state index contributed by atoms with van der Waals surface area (Å²) >= 11 is 0. The average molecular weight is 389 g/mol. The first-order chi connectivity index (χ1) is 12.8. The van der Waals surface area contributed by atoms with Crippen LogP contribution in [0.4, 0.5) is 16.2 Å². The Labute approximate surface area is 154 Å². The van der Waals surface area contributed by atoms with Crippen molar-refractivity contribution >= 4 is 39.0 Å². The molecule has 1 aliphatic rings. The summed E-state index contributed by atoms with van der Waals surface area (Å²) < 4.78 is 31.9. The minimum absolute atomic E-state index is 0.0192. The molecule has 4 N–H and O–H groups in total. The molecule has 0 spiro atoms. The van der Waals surface area contributed by atoms with Gasteiger partial charge < -0.3 is 20.1 Å². The predicted octanol–water partition coefficient (Wildman–Crippen LogP) is 1.88. The third kappa shape index (κ3) is 4.07. The summed E-state index contributed by atoms with van der Waals surface area (Å²) in [6.07, 6.45) is 0.598. The highest BCUT2D eigenvalue weighted by atomic mass is 32.2. The molecule has 0 radical (unpaired) electrons. The lowest BCUT2D eigenvalue weighted by atomic mass is 10.1. The third-order valence-corrected chi connectivity index (χ3v) is 4.64. The van der Waals surface area contributed by atoms with Crippen LogP contribution in [0, 0.1) is 0 Å². The second-order valence-corrected chi connectivity index (χ2v) is 7.05. The number of fused-ring (bicyclic) bond motifs is 1. The molecule has 0 bridgehead atoms. The van der Waals surface area contributed by atoms with Crippen LogP contribution in [0.5, 0.6) is 5.75 Å². The van der Waals surface area contributed by atoms with Crippen molar-refractivity contribution in [2.45, 2.75) is 4.90 Å². The van der Waals surface area contributed by atoms with E-state index in [1.165, 1.54) is 49.7 Å². The summed E-state index contributed by atoms with van der Waals surface area (Å²) in [7, 11) is -2.58. The van der Waals surface area contributed by atoms with Crippen molar-refractivity contribution in [3.63, 3.8) is 0 Å². The van der Waals surface area contributed by atoms with Crippen LogP contribution in [0.2, 0.25) is 0 Å². The van der Waals surface area contributed by atoms with E-state index >= 15 is 0 Å². The number of rotatable bonds is 4. The van der Waals surface area contributed by atoms with Gasteiger partial charge >= 0.3 is 6.16 Å². The quantitative estimate of drug-likeness (QED) is 0.412. The van der Waals surface area contributed by atoms with Gasteiger partial charge in [0.05, 0.1) is 17.6 Å². The van der Waals surface area contributed by atoms with Crippen LogP contribution in [0.25, 0.3) is 5.57 Å². The lowest BCUT2D eigenvalue weighted by Crippen LogP contribution is -2.11. The zero-order chi connectivity index (χ0) is 19.6. The highest BCUT2D eigenvalue weighted by molar-refractivity contribution is 7.89. The Morgan fingerprint density at radius 3 is 2.52 bits per heavy atom. The number of methoxy groups -OCH3 is 1. The van der Waals surface area contributed by atoms with Gasteiger partial charge in [0.25, 0.3) is 5.91 Å². The molecule has 140 valence electrons. The standard InChI is InChI=1S/C17H15N3O6S/c1-25-17(22)26-11-4-7-15-13(8-11)14(16(21)20-15)9-19-10-2-5-12(6-3-10)27(18,23)24/h2-9,19H,1H3,(H,20,21)(H2,18,23,24). The number of carbonyl (C=O) groups excluding carboxylic acids is 2. The molecule has 3 rings (SSSR count). The summed E-state index contributed by atoms with van der Waals surface area (Å²) in [4.78, 5) is 23.4. The van der Waals surface area contributed by atoms with E-state index in [2.05, 4.69) is 15.4 Å². The molecule has 10 heteroatoms. The van der Waals surface area contributed by atoms with Gasteiger partial charge in [-0.3, -0.25) is 4.79 Å². The van der Waals surface area contributed by atoms with Crippen molar-refractivity contribution in [1.29, 1.82) is 0 Å². The minimum Gasteiger partial charge on any atom is -0.437 e. The molecule has 1 amide bonds. The van der Waals surface area contributed by atoms with E-state index in [1.54, 1.807) is 6.07 Å². The van der Waals surface area contributed by atoms with E-state index < -0.39 is 16.2 Å². The highest BCUT2D eigenvalue weighted by Gasteiger charge is 2.25. The second kappa shape index (κ2) is 7.09. The Balaban J connectivity index is 1.84. The Morgan fingerprint density at radius 2 is 1.89 bits per heavy atom. The molecule has 9 nitrogen and oxygen atoms in total. The van der Waals surface area contributed by atoms with Crippen molar-refractivity contribution in [2.75, 3.05) is 17.7 Å². The number of nitrogens with two attached hydrogens (primary N) is 1. The Hall–Kier alpha value is -3.37. The molecular weight excluding hydrogens is 374 g/mol. The van der Waals surface area contributed by atoms with E-state index in [0.29, 0.717) is 22.5 Å². The molecule has 2 aromatic rings. The summed E-state index contributed by atoms with van der Waals surface area (Å²) in [5.41, 5.74) is 1.97. The van der Waals surface area contributed by atoms with Gasteiger partial charge in [-0.15, -0.1) is 0 Å². The van der Waals surface area contributed by atoms with Crippen LogP contribution in [0.15, 0.2) is 53.6 Å². The fourth-order valence-corrected chi connectivity index (χ4v) is 2.92. The van der Waals surface area contributed by atoms with Gasteiger partial charge in [0.15, 0.2) is 0 Å². The molecule has 0 aromatic heterocycles. The number of amides is 1. The van der Waals surface area contributed by atoms with Crippen LogP contribution in [-0.4, -0.2) is 27.6 Å². The van der Waals surface area contributed by atoms with Gasteiger partial charge in [0, 0.05) is 23.1 Å². The molecule has 1 heterocycles. The fourth-order valence-electron chi connectivity index (χ4n) is 2.41. The van der Waals surface area contributed by atoms with Crippen molar-refractivity contribution < 1.29 is 27.5 Å². The summed E-state index contributed by atoms with van der Waals surface area (Å²) in [5.74, 6) is -0.116. The van der Waals surface area contributed by atoms with E-state index in [1.807, 2.05) is 0 Å². The first-order valence-electron chi connectivity index (χ1n) is 7.59. The smallest absolute Gasteiger partial charge is 0.437 e. The second-order valence-electron chi connectivity index (χ2n) is 5.49. The number of nitrogens with one attached hydrogen (secondary N) is 2. The van der Waals surface area contributed by atoms with Crippen LogP contribution in [-0.2, 0) is 19.6 Å². The number of ether oxygens (including phenoxy) is 2. The summed E-state index contributed by atoms with van der Waals surface area (Å²) in [6.45, 7) is 0. The molecule has 0 saturated carbocycles. The van der Waals surface area contributed by atoms with Crippen molar-refractivity contribution in [1.82, 2.24) is 0 Å². The van der Waals surface area contributed by atoms with Gasteiger partial charge in [-0.05, 0) is 42.5 Å². The van der Waals surface area contributed by atoms with E-state index in [0.717, 1.165) is 0 Å². The molecule has 0 atom stereocenters. The van der Waals surface area contributed by atoms with E-state index in [-0.39, 0.29) is 16.6 Å². The number of primary sulfonamides is 1. The number of sulfonamides is 1. The Morgan fingerprint density at radius 1 is 1.19 bits per heavy atom. The molecule has 1 aliphatic heterocycles. The lowest BCUT2D eigenvalue weighted by Gasteiger charge is -2.06. The maximum atomic E-state index is 12.2. The normalized spacial score (nSPS) is 14.4. The molecule has 0 saturated heterocycles. The SMILES string of the molecule is COC(=O)Oc1ccc2c(c1)C(=CNc1ccc(S(N)(=O)=O)cc1)C(=O)N2. The van der Waals surface area contributed by atoms with Gasteiger partial charge in [0.1, 0.15) is 5.75 Å². The number of hydrogen-bond donors (Lipinski definition) is 3. The number of anilines is 2. The average Bonchev–Trinajstić information content (AvgIpc) is 2.94. The fraction of sp³-hybridized carbons (Fsp3) is 0.0588. The van der Waals surface area contributed by atoms with Crippen LogP contribution in [0.1, 0.15) is 5.56 Å². The number of carbonyl (C=O) groups is 2. The maximum Gasteiger partial charge on any atom is 0.513 e. The predicted molar refractivity (Wildman–Crippen MR) is 97.5 cm³/mol. The van der Waals surface area contributed by atoms with Gasteiger partial charge in [-0.2, -0.15) is 0 Å². The molecule has 27 heavy (non-hydrogen) atoms. The number of benzene rings is 2. The largest absolute Gasteiger partial charge is 0.513 e. The third-order valence-electron chi connectivity index (χ3n) is 3.71. The minimum atomic E-state index is -3.77. The summed E-state index contributed by atoms with van der Waals surface area (Å²) in [6, 6.07) is 10.4. The lowest BCUT2D eigenvalue weighted by molar-refractivity contribution is -0.110. The molecule has 0 aliphatic carbocycles. The zero-order valence-electron chi connectivity index (χ0n) is 14.1. The Kier molecular flexibility index (Phi) is 4.84. The first-order valence-corrected chi connectivity index (χ1v) is 9.14. The van der Waals surface area contributed by atoms with Crippen molar-refractivity contribution in [2.24, 2.45) is 5.14 Å². The van der Waals surface area contributed by atoms with Gasteiger partial charge in [-0.25, -0.2) is 18.4 Å². The first kappa shape index (κ1) is 18.4. The molecule has 0 fully saturated rings. The van der Waals surface area contributed by atoms with Crippen molar-refractivity contribution in [3.05, 3.63) is 54.2 Å². The van der Waals surface area contributed by atoms with Gasteiger partial charge in [0.2, 0.25) is 10.0 Å². The topological polar surface area (TPSA) is 137 Å². The van der Waals surface area contributed by atoms with Crippen LogP contribution >= 0.6 is 0 Å². The van der Waals surface area contributed by atoms with E-state index in [4.69, 9.17) is 9.88 Å². The maximum absolute atomic E-state index is 12.2. The van der Waals surface area contributed by atoms with Crippen molar-refractivity contribution in [3.8, 4) is 5.75 Å².